The van der Waals surface area contributed by atoms with Gasteiger partial charge in [0.2, 0.25) is 0 Å². The maximum atomic E-state index is 12.6. The molecule has 4 aliphatic heterocycles. The molecular formula is C23H30N2O5. The molecule has 7 nitrogen and oxygen atoms in total. The number of aliphatic hydroxyl groups is 1. The fraction of sp³-hybridized carbons (Fsp3) is 0.696. The lowest BCUT2D eigenvalue weighted by molar-refractivity contribution is -0.300. The molecule has 3 saturated heterocycles. The number of benzene rings is 1. The first-order chi connectivity index (χ1) is 14.6. The normalized spacial score (nSPS) is 44.5. The number of esters is 1. The molecule has 5 aliphatic rings. The van der Waals surface area contributed by atoms with Crippen LogP contribution in [0.3, 0.4) is 0 Å². The monoisotopic (exact) mass is 414 g/mol. The van der Waals surface area contributed by atoms with Crippen LogP contribution in [0.5, 0.6) is 0 Å². The number of hydrogen-bond donors (Lipinski definition) is 2. The van der Waals surface area contributed by atoms with Gasteiger partial charge >= 0.3 is 5.97 Å². The molecule has 30 heavy (non-hydrogen) atoms. The number of nitrogens with zero attached hydrogens (tertiary/aromatic N) is 1. The molecule has 1 saturated carbocycles. The van der Waals surface area contributed by atoms with Gasteiger partial charge in [-0.15, -0.1) is 0 Å². The van der Waals surface area contributed by atoms with Crippen LogP contribution >= 0.6 is 0 Å². The first-order valence-corrected chi connectivity index (χ1v) is 11.3. The van der Waals surface area contributed by atoms with Crippen LogP contribution in [0.4, 0.5) is 5.69 Å². The van der Waals surface area contributed by atoms with Crippen molar-refractivity contribution in [2.75, 3.05) is 38.7 Å². The van der Waals surface area contributed by atoms with Crippen molar-refractivity contribution >= 4 is 11.7 Å². The van der Waals surface area contributed by atoms with Crippen LogP contribution in [0.15, 0.2) is 24.3 Å². The second-order valence-corrected chi connectivity index (χ2v) is 9.54. The van der Waals surface area contributed by atoms with Crippen LogP contribution in [0.2, 0.25) is 0 Å². The third kappa shape index (κ3) is 2.32. The first kappa shape index (κ1) is 19.0. The van der Waals surface area contributed by atoms with Crippen molar-refractivity contribution in [3.8, 4) is 0 Å². The van der Waals surface area contributed by atoms with E-state index in [9.17, 15) is 9.90 Å². The van der Waals surface area contributed by atoms with E-state index in [0.29, 0.717) is 25.6 Å². The Morgan fingerprint density at radius 1 is 1.27 bits per heavy atom. The lowest BCUT2D eigenvalue weighted by Gasteiger charge is -2.62. The number of aliphatic hydroxyl groups excluding tert-OH is 1. The molecule has 1 aromatic rings. The first-order valence-electron chi connectivity index (χ1n) is 11.3. The van der Waals surface area contributed by atoms with E-state index in [1.165, 1.54) is 12.7 Å². The van der Waals surface area contributed by atoms with Gasteiger partial charge in [0, 0.05) is 24.3 Å². The molecular weight excluding hydrogens is 384 g/mol. The van der Waals surface area contributed by atoms with Gasteiger partial charge in [-0.2, -0.15) is 0 Å². The Morgan fingerprint density at radius 3 is 2.97 bits per heavy atom. The summed E-state index contributed by atoms with van der Waals surface area (Å²) >= 11 is 0. The van der Waals surface area contributed by atoms with Gasteiger partial charge in [-0.1, -0.05) is 18.2 Å². The van der Waals surface area contributed by atoms with Gasteiger partial charge in [-0.05, 0) is 43.6 Å². The Bertz CT molecular complexity index is 864. The summed E-state index contributed by atoms with van der Waals surface area (Å²) in [4.78, 5) is 15.2. The number of methoxy groups -OCH3 is 1. The number of anilines is 1. The largest absolute Gasteiger partial charge is 0.469 e. The van der Waals surface area contributed by atoms with E-state index in [0.717, 1.165) is 38.0 Å². The van der Waals surface area contributed by atoms with E-state index in [1.54, 1.807) is 0 Å². The lowest BCUT2D eigenvalue weighted by Crippen LogP contribution is -2.75. The maximum absolute atomic E-state index is 12.6. The molecule has 7 heteroatoms. The molecule has 1 aromatic carbocycles. The van der Waals surface area contributed by atoms with Crippen LogP contribution in [0.1, 0.15) is 31.2 Å². The van der Waals surface area contributed by atoms with E-state index in [2.05, 4.69) is 28.4 Å². The number of nitrogens with one attached hydrogen (secondary N) is 1. The third-order valence-corrected chi connectivity index (χ3v) is 8.46. The highest BCUT2D eigenvalue weighted by atomic mass is 16.6. The zero-order valence-corrected chi connectivity index (χ0v) is 17.4. The topological polar surface area (TPSA) is 80.3 Å². The highest BCUT2D eigenvalue weighted by Gasteiger charge is 2.70. The van der Waals surface area contributed by atoms with Crippen molar-refractivity contribution in [1.29, 1.82) is 0 Å². The fourth-order valence-electron chi connectivity index (χ4n) is 7.24. The Hall–Kier alpha value is -1.67. The molecule has 0 unspecified atom stereocenters. The molecule has 6 rings (SSSR count). The summed E-state index contributed by atoms with van der Waals surface area (Å²) in [7, 11) is 1.42. The number of piperidine rings is 2. The summed E-state index contributed by atoms with van der Waals surface area (Å²) in [5, 5.41) is 14.4. The summed E-state index contributed by atoms with van der Waals surface area (Å²) in [6.45, 7) is 3.00. The van der Waals surface area contributed by atoms with Gasteiger partial charge in [-0.25, -0.2) is 0 Å². The highest BCUT2D eigenvalue weighted by molar-refractivity contribution is 5.73. The van der Waals surface area contributed by atoms with Gasteiger partial charge in [0.05, 0.1) is 38.4 Å². The number of para-hydroxylation sites is 1. The number of rotatable bonds is 1. The quantitative estimate of drug-likeness (QED) is 0.677. The number of ether oxygens (including phenoxy) is 3. The van der Waals surface area contributed by atoms with Crippen LogP contribution in [-0.2, 0) is 24.6 Å². The minimum Gasteiger partial charge on any atom is -0.469 e. The minimum absolute atomic E-state index is 0.0673. The summed E-state index contributed by atoms with van der Waals surface area (Å²) in [5.41, 5.74) is 1.08. The van der Waals surface area contributed by atoms with Crippen molar-refractivity contribution in [3.63, 3.8) is 0 Å². The molecule has 0 radical (unpaired) electrons. The molecule has 0 bridgehead atoms. The average Bonchev–Trinajstić information content (AvgIpc) is 3.09. The van der Waals surface area contributed by atoms with Crippen molar-refractivity contribution in [2.24, 2.45) is 17.8 Å². The lowest BCUT2D eigenvalue weighted by atomic mass is 9.62. The molecule has 0 amide bonds. The van der Waals surface area contributed by atoms with E-state index < -0.39 is 23.3 Å². The summed E-state index contributed by atoms with van der Waals surface area (Å²) in [5.74, 6) is -0.264. The SMILES string of the molecule is COC(=O)[C@@H]1[C@H]2C[C@@H]3N(CC[C@]45OCCO[C@]34Nc3ccccc35)C[C@@H]2CC[C@@H]1O. The number of fused-ring (bicyclic) bond motifs is 3. The van der Waals surface area contributed by atoms with Gasteiger partial charge < -0.3 is 24.6 Å². The Labute approximate surface area is 176 Å². The van der Waals surface area contributed by atoms with Gasteiger partial charge in [0.15, 0.2) is 5.72 Å². The van der Waals surface area contributed by atoms with Gasteiger partial charge in [0.1, 0.15) is 5.60 Å². The van der Waals surface area contributed by atoms with Crippen LogP contribution in [0, 0.1) is 17.8 Å². The van der Waals surface area contributed by atoms with Gasteiger partial charge in [-0.3, -0.25) is 9.69 Å². The van der Waals surface area contributed by atoms with E-state index in [4.69, 9.17) is 14.2 Å². The molecule has 4 heterocycles. The predicted octanol–water partition coefficient (Wildman–Crippen LogP) is 1.70. The van der Waals surface area contributed by atoms with Crippen molar-refractivity contribution in [1.82, 2.24) is 4.90 Å². The molecule has 162 valence electrons. The standard InChI is InChI=1S/C23H30N2O5/c1-28-21(27)20-15-12-19-23-22(29-10-11-30-23,16-4-2-3-5-17(16)24-23)8-9-25(19)13-14(15)6-7-18(20)26/h2-5,14-15,18-20,24,26H,6-13H2,1H3/t14-,15-,18-,19-,20+,22+,23+/m0/s1. The van der Waals surface area contributed by atoms with Crippen molar-refractivity contribution < 1.29 is 24.1 Å². The van der Waals surface area contributed by atoms with Gasteiger partial charge in [0.25, 0.3) is 0 Å². The average molecular weight is 415 g/mol. The zero-order chi connectivity index (χ0) is 20.5. The molecule has 1 aliphatic carbocycles. The van der Waals surface area contributed by atoms with E-state index >= 15 is 0 Å². The molecule has 0 spiro atoms. The summed E-state index contributed by atoms with van der Waals surface area (Å²) < 4.78 is 18.3. The van der Waals surface area contributed by atoms with Crippen LogP contribution in [-0.4, -0.2) is 67.3 Å². The van der Waals surface area contributed by atoms with Crippen LogP contribution < -0.4 is 5.32 Å². The molecule has 7 atom stereocenters. The second-order valence-electron chi connectivity index (χ2n) is 9.54. The Morgan fingerprint density at radius 2 is 2.10 bits per heavy atom. The minimum atomic E-state index is -0.665. The Balaban J connectivity index is 1.41. The fourth-order valence-corrected chi connectivity index (χ4v) is 7.24. The third-order valence-electron chi connectivity index (χ3n) is 8.46. The van der Waals surface area contributed by atoms with Crippen molar-refractivity contribution in [2.45, 2.75) is 49.2 Å². The smallest absolute Gasteiger partial charge is 0.311 e. The number of carbonyl (C=O) groups is 1. The molecule has 4 fully saturated rings. The summed E-state index contributed by atoms with van der Waals surface area (Å²) in [6, 6.07) is 8.44. The van der Waals surface area contributed by atoms with Crippen LogP contribution in [0.25, 0.3) is 0 Å². The van der Waals surface area contributed by atoms with E-state index in [1.807, 2.05) is 6.07 Å². The molecule has 2 N–H and O–H groups in total. The predicted molar refractivity (Wildman–Crippen MR) is 109 cm³/mol. The number of hydrogen-bond acceptors (Lipinski definition) is 7. The Kier molecular flexibility index (Phi) is 4.23. The summed E-state index contributed by atoms with van der Waals surface area (Å²) in [6.07, 6.45) is 2.65. The highest BCUT2D eigenvalue weighted by Crippen LogP contribution is 2.60. The van der Waals surface area contributed by atoms with Crippen molar-refractivity contribution in [3.05, 3.63) is 29.8 Å². The second kappa shape index (κ2) is 6.66. The van der Waals surface area contributed by atoms with E-state index in [-0.39, 0.29) is 17.9 Å². The number of carbonyl (C=O) groups excluding carboxylic acids is 1. The molecule has 0 aromatic heterocycles. The maximum Gasteiger partial charge on any atom is 0.311 e. The zero-order valence-electron chi connectivity index (χ0n) is 17.4.